The van der Waals surface area contributed by atoms with E-state index in [9.17, 15) is 18.8 Å². The SMILES string of the molecule is CC(C)(C)[C@H]1CCc2c(sc(NC(=O)c3cc(F)c(F)cc3Cl)c2C#N)C1. The van der Waals surface area contributed by atoms with E-state index in [2.05, 4.69) is 32.2 Å². The molecule has 0 saturated heterocycles. The van der Waals surface area contributed by atoms with Crippen molar-refractivity contribution < 1.29 is 13.6 Å². The van der Waals surface area contributed by atoms with Gasteiger partial charge in [-0.05, 0) is 48.3 Å². The van der Waals surface area contributed by atoms with E-state index < -0.39 is 17.5 Å². The summed E-state index contributed by atoms with van der Waals surface area (Å²) in [5, 5.41) is 12.5. The number of fused-ring (bicyclic) bond motifs is 1. The van der Waals surface area contributed by atoms with Gasteiger partial charge in [-0.15, -0.1) is 11.3 Å². The minimum atomic E-state index is -1.15. The molecule has 1 aromatic heterocycles. The van der Waals surface area contributed by atoms with E-state index in [4.69, 9.17) is 11.6 Å². The quantitative estimate of drug-likeness (QED) is 0.624. The van der Waals surface area contributed by atoms with Gasteiger partial charge in [0.1, 0.15) is 11.1 Å². The van der Waals surface area contributed by atoms with Crippen LogP contribution >= 0.6 is 22.9 Å². The molecule has 0 saturated carbocycles. The van der Waals surface area contributed by atoms with E-state index in [-0.39, 0.29) is 16.0 Å². The molecule has 142 valence electrons. The van der Waals surface area contributed by atoms with Crippen LogP contribution in [-0.4, -0.2) is 5.91 Å². The average Bonchev–Trinajstić information content (AvgIpc) is 2.93. The fraction of sp³-hybridized carbons (Fsp3) is 0.400. The summed E-state index contributed by atoms with van der Waals surface area (Å²) >= 11 is 7.25. The molecule has 1 N–H and O–H groups in total. The van der Waals surface area contributed by atoms with Gasteiger partial charge in [-0.3, -0.25) is 4.79 Å². The maximum atomic E-state index is 13.5. The smallest absolute Gasteiger partial charge is 0.257 e. The predicted octanol–water partition coefficient (Wildman–Crippen LogP) is 5.95. The Morgan fingerprint density at radius 2 is 2.00 bits per heavy atom. The molecule has 7 heteroatoms. The Hall–Kier alpha value is -1.97. The molecule has 1 aliphatic carbocycles. The number of carbonyl (C=O) groups excluding carboxylic acids is 1. The highest BCUT2D eigenvalue weighted by Crippen LogP contribution is 2.44. The zero-order valence-corrected chi connectivity index (χ0v) is 16.8. The summed E-state index contributed by atoms with van der Waals surface area (Å²) in [4.78, 5) is 13.6. The van der Waals surface area contributed by atoms with Crippen molar-refractivity contribution in [3.8, 4) is 6.07 Å². The van der Waals surface area contributed by atoms with Crippen LogP contribution in [0.1, 0.15) is 53.6 Å². The van der Waals surface area contributed by atoms with Gasteiger partial charge in [0, 0.05) is 4.88 Å². The average molecular weight is 409 g/mol. The molecule has 0 radical (unpaired) electrons. The first-order chi connectivity index (χ1) is 12.6. The van der Waals surface area contributed by atoms with Gasteiger partial charge in [-0.1, -0.05) is 32.4 Å². The first kappa shape index (κ1) is 19.8. The lowest BCUT2D eigenvalue weighted by atomic mass is 9.72. The summed E-state index contributed by atoms with van der Waals surface area (Å²) < 4.78 is 26.7. The molecule has 1 aliphatic rings. The Morgan fingerprint density at radius 3 is 2.63 bits per heavy atom. The highest BCUT2D eigenvalue weighted by atomic mass is 35.5. The van der Waals surface area contributed by atoms with Crippen LogP contribution in [0.3, 0.4) is 0 Å². The van der Waals surface area contributed by atoms with Crippen molar-refractivity contribution in [2.75, 3.05) is 5.32 Å². The first-order valence-corrected chi connectivity index (χ1v) is 9.81. The van der Waals surface area contributed by atoms with E-state index in [0.717, 1.165) is 41.8 Å². The summed E-state index contributed by atoms with van der Waals surface area (Å²) in [5.74, 6) is -2.43. The van der Waals surface area contributed by atoms with Crippen molar-refractivity contribution in [3.05, 3.63) is 50.4 Å². The molecule has 0 fully saturated rings. The normalized spacial score (nSPS) is 16.6. The second kappa shape index (κ2) is 7.21. The lowest BCUT2D eigenvalue weighted by Crippen LogP contribution is -2.26. The molecule has 0 spiro atoms. The molecule has 1 aromatic carbocycles. The maximum absolute atomic E-state index is 13.5. The van der Waals surface area contributed by atoms with Gasteiger partial charge in [0.2, 0.25) is 0 Å². The Bertz CT molecular complexity index is 956. The van der Waals surface area contributed by atoms with E-state index in [0.29, 0.717) is 16.5 Å². The lowest BCUT2D eigenvalue weighted by Gasteiger charge is -2.33. The van der Waals surface area contributed by atoms with Crippen molar-refractivity contribution in [1.82, 2.24) is 0 Å². The third-order valence-electron chi connectivity index (χ3n) is 5.08. The number of thiophene rings is 1. The fourth-order valence-corrected chi connectivity index (χ4v) is 4.91. The molecule has 3 rings (SSSR count). The van der Waals surface area contributed by atoms with E-state index in [1.807, 2.05) is 0 Å². The van der Waals surface area contributed by atoms with Crippen LogP contribution in [0, 0.1) is 34.3 Å². The summed E-state index contributed by atoms with van der Waals surface area (Å²) in [5.41, 5.74) is 1.43. The minimum Gasteiger partial charge on any atom is -0.312 e. The topological polar surface area (TPSA) is 52.9 Å². The Labute approximate surface area is 166 Å². The second-order valence-corrected chi connectivity index (χ2v) is 9.34. The van der Waals surface area contributed by atoms with Gasteiger partial charge in [-0.2, -0.15) is 5.26 Å². The van der Waals surface area contributed by atoms with Crippen LogP contribution in [-0.2, 0) is 12.8 Å². The van der Waals surface area contributed by atoms with Gasteiger partial charge in [0.05, 0.1) is 16.1 Å². The molecule has 0 aliphatic heterocycles. The Balaban J connectivity index is 1.91. The van der Waals surface area contributed by atoms with E-state index >= 15 is 0 Å². The van der Waals surface area contributed by atoms with Crippen molar-refractivity contribution in [2.45, 2.75) is 40.0 Å². The molecule has 27 heavy (non-hydrogen) atoms. The van der Waals surface area contributed by atoms with Crippen molar-refractivity contribution in [1.29, 1.82) is 5.26 Å². The Kier molecular flexibility index (Phi) is 5.29. The Morgan fingerprint density at radius 1 is 1.33 bits per heavy atom. The second-order valence-electron chi connectivity index (χ2n) is 7.83. The molecular weight excluding hydrogens is 390 g/mol. The number of anilines is 1. The van der Waals surface area contributed by atoms with Crippen molar-refractivity contribution in [2.24, 2.45) is 11.3 Å². The maximum Gasteiger partial charge on any atom is 0.257 e. The highest BCUT2D eigenvalue weighted by Gasteiger charge is 2.32. The van der Waals surface area contributed by atoms with Gasteiger partial charge in [0.15, 0.2) is 11.6 Å². The molecular formula is C20H19ClF2N2OS. The zero-order valence-electron chi connectivity index (χ0n) is 15.3. The summed E-state index contributed by atoms with van der Waals surface area (Å²) in [6.45, 7) is 6.61. The molecule has 2 aromatic rings. The third-order valence-corrected chi connectivity index (χ3v) is 6.57. The monoisotopic (exact) mass is 408 g/mol. The van der Waals surface area contributed by atoms with Gasteiger partial charge in [-0.25, -0.2) is 8.78 Å². The van der Waals surface area contributed by atoms with E-state index in [1.165, 1.54) is 11.3 Å². The largest absolute Gasteiger partial charge is 0.312 e. The van der Waals surface area contributed by atoms with Crippen LogP contribution in [0.15, 0.2) is 12.1 Å². The molecule has 1 atom stereocenters. The van der Waals surface area contributed by atoms with Crippen LogP contribution in [0.2, 0.25) is 5.02 Å². The molecule has 1 amide bonds. The van der Waals surface area contributed by atoms with Gasteiger partial charge < -0.3 is 5.32 Å². The van der Waals surface area contributed by atoms with Crippen molar-refractivity contribution >= 4 is 33.8 Å². The molecule has 0 unspecified atom stereocenters. The van der Waals surface area contributed by atoms with Crippen molar-refractivity contribution in [3.63, 3.8) is 0 Å². The number of nitriles is 1. The zero-order chi connectivity index (χ0) is 19.9. The van der Waals surface area contributed by atoms with Crippen LogP contribution in [0.4, 0.5) is 13.8 Å². The molecule has 0 bridgehead atoms. The number of halogens is 3. The number of nitrogens with one attached hydrogen (secondary N) is 1. The molecule has 1 heterocycles. The van der Waals surface area contributed by atoms with Gasteiger partial charge in [0.25, 0.3) is 5.91 Å². The predicted molar refractivity (Wildman–Crippen MR) is 103 cm³/mol. The highest BCUT2D eigenvalue weighted by molar-refractivity contribution is 7.16. The number of amides is 1. The summed E-state index contributed by atoms with van der Waals surface area (Å²) in [6, 6.07) is 3.71. The minimum absolute atomic E-state index is 0.164. The standard InChI is InChI=1S/C20H19ClF2N2OS/c1-20(2,3)10-4-5-11-13(9-24)19(27-17(11)6-10)25-18(26)12-7-15(22)16(23)8-14(12)21/h7-8,10H,4-6H2,1-3H3,(H,25,26)/t10-/m0/s1. The van der Waals surface area contributed by atoms with Gasteiger partial charge >= 0.3 is 0 Å². The van der Waals surface area contributed by atoms with Crippen LogP contribution in [0.5, 0.6) is 0 Å². The third kappa shape index (κ3) is 3.85. The number of benzene rings is 1. The number of nitrogens with zero attached hydrogens (tertiary/aromatic N) is 1. The number of hydrogen-bond donors (Lipinski definition) is 1. The fourth-order valence-electron chi connectivity index (χ4n) is 3.40. The number of hydrogen-bond acceptors (Lipinski definition) is 3. The first-order valence-electron chi connectivity index (χ1n) is 8.62. The number of carbonyl (C=O) groups is 1. The van der Waals surface area contributed by atoms with Crippen LogP contribution < -0.4 is 5.32 Å². The van der Waals surface area contributed by atoms with E-state index in [1.54, 1.807) is 0 Å². The summed E-state index contributed by atoms with van der Waals surface area (Å²) in [6.07, 6.45) is 2.64. The lowest BCUT2D eigenvalue weighted by molar-refractivity contribution is 0.102. The molecule has 3 nitrogen and oxygen atoms in total. The summed E-state index contributed by atoms with van der Waals surface area (Å²) in [7, 11) is 0. The van der Waals surface area contributed by atoms with Crippen LogP contribution in [0.25, 0.3) is 0 Å². The number of rotatable bonds is 2.